The molecule has 0 radical (unpaired) electrons. The van der Waals surface area contributed by atoms with E-state index in [-0.39, 0.29) is 48.2 Å². The molecule has 0 aliphatic carbocycles. The van der Waals surface area contributed by atoms with E-state index < -0.39 is 33.9 Å². The number of sulfonamides is 1. The quantitative estimate of drug-likeness (QED) is 0.653. The summed E-state index contributed by atoms with van der Waals surface area (Å²) in [6, 6.07) is 9.80. The summed E-state index contributed by atoms with van der Waals surface area (Å²) in [7, 11) is -3.89. The largest absolute Gasteiger partial charge is 0.573 e. The summed E-state index contributed by atoms with van der Waals surface area (Å²) in [5, 5.41) is 16.6. The topological polar surface area (TPSA) is 133 Å². The van der Waals surface area contributed by atoms with Crippen molar-refractivity contribution in [2.45, 2.75) is 23.7 Å². The summed E-state index contributed by atoms with van der Waals surface area (Å²) >= 11 is 0. The normalized spacial score (nSPS) is 19.4. The number of primary sulfonamides is 1. The van der Waals surface area contributed by atoms with E-state index in [1.165, 1.54) is 41.3 Å². The van der Waals surface area contributed by atoms with E-state index in [2.05, 4.69) is 4.74 Å². The first-order chi connectivity index (χ1) is 15.8. The Morgan fingerprint density at radius 2 is 1.65 bits per heavy atom. The van der Waals surface area contributed by atoms with Gasteiger partial charge in [-0.05, 0) is 48.4 Å². The van der Waals surface area contributed by atoms with E-state index in [1.807, 2.05) is 0 Å². The third-order valence-electron chi connectivity index (χ3n) is 6.12. The van der Waals surface area contributed by atoms with Gasteiger partial charge in [0.2, 0.25) is 10.0 Å². The lowest BCUT2D eigenvalue weighted by Crippen LogP contribution is -2.80. The molecule has 2 aromatic carbocycles. The standard InChI is InChI=1S/C21H20F3N3O6S/c22-21(23,24)33-15-5-1-13(2-6-15)9-17-20(12-27(17)19(29)30)10-26(11-20)18(28)14-3-7-16(8-4-14)34(25,31)32/h1-8,17H,9-12H2,(H,29,30)(H2,25,31,32)/p-1. The SMILES string of the molecule is NS(=O)(=O)c1ccc(C(=O)N2CC3(C2)CN(C(=O)[O-])C3Cc2ccc(OC(F)(F)F)cc2)cc1. The molecular formula is C21H19F3N3O6S-. The highest BCUT2D eigenvalue weighted by Crippen LogP contribution is 2.47. The first-order valence-electron chi connectivity index (χ1n) is 10.0. The van der Waals surface area contributed by atoms with Gasteiger partial charge in [0.15, 0.2) is 0 Å². The summed E-state index contributed by atoms with van der Waals surface area (Å²) in [6.45, 7) is 0.711. The smallest absolute Gasteiger partial charge is 0.530 e. The van der Waals surface area contributed by atoms with Crippen LogP contribution in [-0.2, 0) is 16.4 Å². The fourth-order valence-electron chi connectivity index (χ4n) is 4.48. The third-order valence-corrected chi connectivity index (χ3v) is 7.05. The number of benzene rings is 2. The molecule has 4 rings (SSSR count). The van der Waals surface area contributed by atoms with Crippen LogP contribution in [0.4, 0.5) is 18.0 Å². The zero-order chi connectivity index (χ0) is 24.9. The van der Waals surface area contributed by atoms with Crippen molar-refractivity contribution in [2.75, 3.05) is 19.6 Å². The van der Waals surface area contributed by atoms with Gasteiger partial charge >= 0.3 is 6.36 Å². The molecule has 2 aliphatic rings. The van der Waals surface area contributed by atoms with Crippen LogP contribution in [0, 0.1) is 5.41 Å². The van der Waals surface area contributed by atoms with Gasteiger partial charge in [-0.25, -0.2) is 13.6 Å². The number of hydrogen-bond donors (Lipinski definition) is 1. The lowest BCUT2D eigenvalue weighted by Gasteiger charge is -2.66. The summed E-state index contributed by atoms with van der Waals surface area (Å²) in [5.41, 5.74) is 0.362. The van der Waals surface area contributed by atoms with Gasteiger partial charge in [-0.2, -0.15) is 0 Å². The van der Waals surface area contributed by atoms with Crippen LogP contribution in [0.2, 0.25) is 0 Å². The molecule has 2 N–H and O–H groups in total. The average Bonchev–Trinajstić information content (AvgIpc) is 2.69. The lowest BCUT2D eigenvalue weighted by atomic mass is 9.64. The Balaban J connectivity index is 1.43. The molecule has 2 fully saturated rings. The van der Waals surface area contributed by atoms with Crippen molar-refractivity contribution in [3.63, 3.8) is 0 Å². The van der Waals surface area contributed by atoms with E-state index in [0.717, 1.165) is 17.0 Å². The number of nitrogens with zero attached hydrogens (tertiary/aromatic N) is 2. The first-order valence-corrected chi connectivity index (χ1v) is 11.6. The number of hydrogen-bond acceptors (Lipinski definition) is 6. The Bertz CT molecular complexity index is 1210. The number of rotatable bonds is 5. The van der Waals surface area contributed by atoms with Gasteiger partial charge in [0.1, 0.15) is 11.8 Å². The molecule has 1 atom stereocenters. The van der Waals surface area contributed by atoms with Crippen LogP contribution in [0.5, 0.6) is 5.75 Å². The molecule has 2 saturated heterocycles. The summed E-state index contributed by atoms with van der Waals surface area (Å²) in [4.78, 5) is 26.8. The highest BCUT2D eigenvalue weighted by atomic mass is 32.2. The zero-order valence-electron chi connectivity index (χ0n) is 17.5. The van der Waals surface area contributed by atoms with Crippen LogP contribution in [-0.4, -0.2) is 62.3 Å². The van der Waals surface area contributed by atoms with Gasteiger partial charge in [-0.15, -0.1) is 13.2 Å². The van der Waals surface area contributed by atoms with Crippen LogP contribution in [0.1, 0.15) is 15.9 Å². The predicted octanol–water partition coefficient (Wildman–Crippen LogP) is 0.945. The third kappa shape index (κ3) is 4.66. The Morgan fingerprint density at radius 3 is 2.15 bits per heavy atom. The predicted molar refractivity (Wildman–Crippen MR) is 109 cm³/mol. The van der Waals surface area contributed by atoms with Crippen molar-refractivity contribution < 1.29 is 41.0 Å². The Kier molecular flexibility index (Phi) is 5.72. The fourth-order valence-corrected chi connectivity index (χ4v) is 5.00. The van der Waals surface area contributed by atoms with Crippen LogP contribution in [0.25, 0.3) is 0 Å². The Morgan fingerprint density at radius 1 is 1.06 bits per heavy atom. The molecular weight excluding hydrogens is 479 g/mol. The molecule has 1 unspecified atom stereocenters. The number of amides is 2. The van der Waals surface area contributed by atoms with Crippen molar-refractivity contribution in [3.05, 3.63) is 59.7 Å². The minimum absolute atomic E-state index is 0.126. The summed E-state index contributed by atoms with van der Waals surface area (Å²) < 4.78 is 63.6. The molecule has 2 aromatic rings. The second kappa shape index (κ2) is 8.17. The number of nitrogens with two attached hydrogens (primary N) is 1. The molecule has 0 bridgehead atoms. The second-order valence-corrected chi connectivity index (χ2v) is 9.96. The van der Waals surface area contributed by atoms with Crippen LogP contribution < -0.4 is 15.0 Å². The monoisotopic (exact) mass is 498 g/mol. The van der Waals surface area contributed by atoms with Crippen molar-refractivity contribution >= 4 is 22.0 Å². The minimum Gasteiger partial charge on any atom is -0.530 e. The highest BCUT2D eigenvalue weighted by Gasteiger charge is 2.60. The van der Waals surface area contributed by atoms with Gasteiger partial charge in [0.05, 0.1) is 4.90 Å². The van der Waals surface area contributed by atoms with Crippen LogP contribution in [0.15, 0.2) is 53.4 Å². The van der Waals surface area contributed by atoms with Gasteiger partial charge < -0.3 is 24.4 Å². The molecule has 1 spiro atoms. The van der Waals surface area contributed by atoms with E-state index in [0.29, 0.717) is 5.56 Å². The molecule has 0 saturated carbocycles. The molecule has 13 heteroatoms. The molecule has 2 heterocycles. The molecule has 9 nitrogen and oxygen atoms in total. The van der Waals surface area contributed by atoms with Crippen LogP contribution in [0.3, 0.4) is 0 Å². The van der Waals surface area contributed by atoms with Crippen molar-refractivity contribution in [2.24, 2.45) is 10.6 Å². The number of alkyl halides is 3. The van der Waals surface area contributed by atoms with Crippen molar-refractivity contribution in [1.29, 1.82) is 0 Å². The van der Waals surface area contributed by atoms with E-state index in [1.54, 1.807) is 0 Å². The van der Waals surface area contributed by atoms with E-state index >= 15 is 0 Å². The second-order valence-electron chi connectivity index (χ2n) is 8.40. The number of carbonyl (C=O) groups excluding carboxylic acids is 2. The lowest BCUT2D eigenvalue weighted by molar-refractivity contribution is -0.288. The molecule has 0 aromatic heterocycles. The number of likely N-dealkylation sites (tertiary alicyclic amines) is 2. The Hall–Kier alpha value is -3.32. The number of ether oxygens (including phenoxy) is 1. The minimum atomic E-state index is -4.81. The highest BCUT2D eigenvalue weighted by molar-refractivity contribution is 7.89. The number of halogens is 3. The van der Waals surface area contributed by atoms with Crippen molar-refractivity contribution in [3.8, 4) is 5.75 Å². The maximum absolute atomic E-state index is 12.7. The van der Waals surface area contributed by atoms with Gasteiger partial charge in [0, 0.05) is 36.7 Å². The van der Waals surface area contributed by atoms with E-state index in [4.69, 9.17) is 5.14 Å². The molecule has 182 valence electrons. The van der Waals surface area contributed by atoms with E-state index in [9.17, 15) is 36.3 Å². The first kappa shape index (κ1) is 23.8. The zero-order valence-corrected chi connectivity index (χ0v) is 18.3. The molecule has 2 amide bonds. The maximum Gasteiger partial charge on any atom is 0.573 e. The molecule has 2 aliphatic heterocycles. The van der Waals surface area contributed by atoms with Crippen LogP contribution >= 0.6 is 0 Å². The molecule has 34 heavy (non-hydrogen) atoms. The Labute approximate surface area is 192 Å². The number of carboxylic acid groups (broad SMARTS) is 1. The van der Waals surface area contributed by atoms with Gasteiger partial charge in [-0.3, -0.25) is 4.79 Å². The average molecular weight is 498 g/mol. The summed E-state index contributed by atoms with van der Waals surface area (Å²) in [6.07, 6.45) is -5.95. The van der Waals surface area contributed by atoms with Crippen molar-refractivity contribution in [1.82, 2.24) is 9.80 Å². The number of carbonyl (C=O) groups is 2. The van der Waals surface area contributed by atoms with Gasteiger partial charge in [-0.1, -0.05) is 12.1 Å². The summed E-state index contributed by atoms with van der Waals surface area (Å²) in [5.74, 6) is -0.726. The van der Waals surface area contributed by atoms with Gasteiger partial charge in [0.25, 0.3) is 5.91 Å². The fraction of sp³-hybridized carbons (Fsp3) is 0.333. The maximum atomic E-state index is 12.7.